The standard InChI is InChI=1S/C13H18Br2N4O/c14-9-7-17-12(11(15)18-9)19-10(20)6-13(8-16)4-2-1-3-5-13/h7H,1-6,8,16H2,(H,17,19,20). The van der Waals surface area contributed by atoms with E-state index in [-0.39, 0.29) is 11.3 Å². The summed E-state index contributed by atoms with van der Waals surface area (Å²) in [5.74, 6) is 0.399. The molecule has 0 aromatic carbocycles. The van der Waals surface area contributed by atoms with Crippen molar-refractivity contribution in [3.05, 3.63) is 15.4 Å². The van der Waals surface area contributed by atoms with E-state index < -0.39 is 0 Å². The van der Waals surface area contributed by atoms with Crippen LogP contribution in [0.15, 0.2) is 15.4 Å². The monoisotopic (exact) mass is 404 g/mol. The number of nitrogens with one attached hydrogen (secondary N) is 1. The molecule has 5 nitrogen and oxygen atoms in total. The van der Waals surface area contributed by atoms with E-state index in [1.807, 2.05) is 0 Å². The van der Waals surface area contributed by atoms with Gasteiger partial charge in [-0.15, -0.1) is 0 Å². The Morgan fingerprint density at radius 2 is 2.05 bits per heavy atom. The molecule has 1 aromatic heterocycles. The van der Waals surface area contributed by atoms with Gasteiger partial charge in [0.15, 0.2) is 5.82 Å². The molecule has 1 heterocycles. The van der Waals surface area contributed by atoms with Crippen molar-refractivity contribution >= 4 is 43.6 Å². The second-order valence-electron chi connectivity index (χ2n) is 5.32. The maximum absolute atomic E-state index is 12.2. The topological polar surface area (TPSA) is 80.9 Å². The molecule has 0 spiro atoms. The number of carbonyl (C=O) groups is 1. The Morgan fingerprint density at radius 3 is 2.65 bits per heavy atom. The van der Waals surface area contributed by atoms with Crippen LogP contribution in [0.5, 0.6) is 0 Å². The molecule has 1 amide bonds. The van der Waals surface area contributed by atoms with Crippen LogP contribution in [0.25, 0.3) is 0 Å². The lowest BCUT2D eigenvalue weighted by Gasteiger charge is -2.35. The van der Waals surface area contributed by atoms with Gasteiger partial charge in [0, 0.05) is 6.42 Å². The first-order chi connectivity index (χ1) is 9.54. The minimum absolute atomic E-state index is 0.0440. The van der Waals surface area contributed by atoms with Gasteiger partial charge in [-0.2, -0.15) is 0 Å². The predicted octanol–water partition coefficient (Wildman–Crippen LogP) is 3.24. The largest absolute Gasteiger partial charge is 0.330 e. The van der Waals surface area contributed by atoms with Gasteiger partial charge in [-0.1, -0.05) is 19.3 Å². The SMILES string of the molecule is NCC1(CC(=O)Nc2ncc(Br)nc2Br)CCCCC1. The number of nitrogens with zero attached hydrogens (tertiary/aromatic N) is 2. The molecule has 1 aliphatic rings. The molecule has 0 aliphatic heterocycles. The molecule has 7 heteroatoms. The second-order valence-corrected chi connectivity index (χ2v) is 6.89. The first kappa shape index (κ1) is 15.9. The number of amides is 1. The molecule has 0 radical (unpaired) electrons. The zero-order valence-electron chi connectivity index (χ0n) is 11.2. The highest BCUT2D eigenvalue weighted by Gasteiger charge is 2.33. The van der Waals surface area contributed by atoms with E-state index in [4.69, 9.17) is 5.73 Å². The van der Waals surface area contributed by atoms with Crippen molar-refractivity contribution in [2.75, 3.05) is 11.9 Å². The Morgan fingerprint density at radius 1 is 1.35 bits per heavy atom. The second kappa shape index (κ2) is 6.95. The number of aromatic nitrogens is 2. The number of hydrogen-bond acceptors (Lipinski definition) is 4. The van der Waals surface area contributed by atoms with Crippen molar-refractivity contribution in [1.82, 2.24) is 9.97 Å². The lowest BCUT2D eigenvalue weighted by molar-refractivity contribution is -0.118. The van der Waals surface area contributed by atoms with E-state index in [9.17, 15) is 4.79 Å². The van der Waals surface area contributed by atoms with E-state index in [0.29, 0.717) is 28.0 Å². The summed E-state index contributed by atoms with van der Waals surface area (Å²) < 4.78 is 1.14. The van der Waals surface area contributed by atoms with E-state index in [1.165, 1.54) is 6.42 Å². The molecular weight excluding hydrogens is 388 g/mol. The third kappa shape index (κ3) is 3.99. The molecule has 0 bridgehead atoms. The highest BCUT2D eigenvalue weighted by molar-refractivity contribution is 9.11. The molecule has 3 N–H and O–H groups in total. The molecule has 110 valence electrons. The highest BCUT2D eigenvalue weighted by atomic mass is 79.9. The molecule has 1 aliphatic carbocycles. The molecular formula is C13H18Br2N4O. The minimum Gasteiger partial charge on any atom is -0.330 e. The van der Waals surface area contributed by atoms with Gasteiger partial charge >= 0.3 is 0 Å². The van der Waals surface area contributed by atoms with E-state index in [1.54, 1.807) is 6.20 Å². The Hall–Kier alpha value is -0.530. The number of carbonyl (C=O) groups excluding carboxylic acids is 1. The zero-order chi connectivity index (χ0) is 14.6. The van der Waals surface area contributed by atoms with Gasteiger partial charge in [0.2, 0.25) is 5.91 Å². The van der Waals surface area contributed by atoms with Gasteiger partial charge in [-0.25, -0.2) is 9.97 Å². The summed E-state index contributed by atoms with van der Waals surface area (Å²) in [5, 5.41) is 2.81. The lowest BCUT2D eigenvalue weighted by Crippen LogP contribution is -2.36. The summed E-state index contributed by atoms with van der Waals surface area (Å²) >= 11 is 6.52. The van der Waals surface area contributed by atoms with Gasteiger partial charge in [0.25, 0.3) is 0 Å². The van der Waals surface area contributed by atoms with Crippen molar-refractivity contribution in [2.45, 2.75) is 38.5 Å². The summed E-state index contributed by atoms with van der Waals surface area (Å²) in [6, 6.07) is 0. The number of rotatable bonds is 4. The molecule has 1 aromatic rings. The van der Waals surface area contributed by atoms with Gasteiger partial charge in [0.05, 0.1) is 6.20 Å². The Kier molecular flexibility index (Phi) is 5.51. The van der Waals surface area contributed by atoms with Crippen molar-refractivity contribution in [1.29, 1.82) is 0 Å². The van der Waals surface area contributed by atoms with Crippen LogP contribution in [0.2, 0.25) is 0 Å². The molecule has 0 unspecified atom stereocenters. The summed E-state index contributed by atoms with van der Waals surface area (Å²) in [6.45, 7) is 0.563. The Balaban J connectivity index is 2.00. The van der Waals surface area contributed by atoms with Crippen LogP contribution in [0.1, 0.15) is 38.5 Å². The van der Waals surface area contributed by atoms with Gasteiger partial charge in [0.1, 0.15) is 9.21 Å². The molecule has 20 heavy (non-hydrogen) atoms. The van der Waals surface area contributed by atoms with Crippen LogP contribution >= 0.6 is 31.9 Å². The van der Waals surface area contributed by atoms with E-state index >= 15 is 0 Å². The first-order valence-electron chi connectivity index (χ1n) is 6.73. The number of hydrogen-bond donors (Lipinski definition) is 2. The zero-order valence-corrected chi connectivity index (χ0v) is 14.3. The first-order valence-corrected chi connectivity index (χ1v) is 8.31. The normalized spacial score (nSPS) is 17.8. The van der Waals surface area contributed by atoms with E-state index in [2.05, 4.69) is 47.1 Å². The van der Waals surface area contributed by atoms with Crippen LogP contribution in [0.4, 0.5) is 5.82 Å². The quantitative estimate of drug-likeness (QED) is 0.805. The number of nitrogens with two attached hydrogens (primary N) is 1. The number of anilines is 1. The van der Waals surface area contributed by atoms with Gasteiger partial charge in [-0.05, 0) is 56.7 Å². The average Bonchev–Trinajstić information content (AvgIpc) is 2.43. The number of halogens is 2. The average molecular weight is 406 g/mol. The molecule has 0 atom stereocenters. The summed E-state index contributed by atoms with van der Waals surface area (Å²) in [6.07, 6.45) is 7.63. The van der Waals surface area contributed by atoms with Gasteiger partial charge in [-0.3, -0.25) is 4.79 Å². The Labute approximate surface area is 135 Å². The maximum Gasteiger partial charge on any atom is 0.226 e. The lowest BCUT2D eigenvalue weighted by atomic mass is 9.71. The minimum atomic E-state index is -0.0466. The molecule has 1 fully saturated rings. The van der Waals surface area contributed by atoms with Crippen LogP contribution in [-0.4, -0.2) is 22.4 Å². The van der Waals surface area contributed by atoms with Gasteiger partial charge < -0.3 is 11.1 Å². The van der Waals surface area contributed by atoms with Crippen LogP contribution in [0.3, 0.4) is 0 Å². The molecule has 2 rings (SSSR count). The fourth-order valence-electron chi connectivity index (χ4n) is 2.70. The third-order valence-electron chi connectivity index (χ3n) is 3.84. The summed E-state index contributed by atoms with van der Waals surface area (Å²) in [5.41, 5.74) is 5.86. The van der Waals surface area contributed by atoms with E-state index in [0.717, 1.165) is 25.7 Å². The highest BCUT2D eigenvalue weighted by Crippen LogP contribution is 2.38. The van der Waals surface area contributed by atoms with Crippen LogP contribution in [-0.2, 0) is 4.79 Å². The third-order valence-corrected chi connectivity index (χ3v) is 4.78. The van der Waals surface area contributed by atoms with Crippen LogP contribution in [0, 0.1) is 5.41 Å². The maximum atomic E-state index is 12.2. The Bertz CT molecular complexity index is 489. The summed E-state index contributed by atoms with van der Waals surface area (Å²) in [4.78, 5) is 20.5. The van der Waals surface area contributed by atoms with Crippen molar-refractivity contribution in [2.24, 2.45) is 11.1 Å². The molecule has 1 saturated carbocycles. The summed E-state index contributed by atoms with van der Waals surface area (Å²) in [7, 11) is 0. The van der Waals surface area contributed by atoms with Crippen LogP contribution < -0.4 is 11.1 Å². The van der Waals surface area contributed by atoms with Crippen molar-refractivity contribution in [3.8, 4) is 0 Å². The fraction of sp³-hybridized carbons (Fsp3) is 0.615. The predicted molar refractivity (Wildman–Crippen MR) is 85.3 cm³/mol. The van der Waals surface area contributed by atoms with Crippen molar-refractivity contribution < 1.29 is 4.79 Å². The fourth-order valence-corrected chi connectivity index (χ4v) is 3.61. The molecule has 0 saturated heterocycles. The van der Waals surface area contributed by atoms with Crippen molar-refractivity contribution in [3.63, 3.8) is 0 Å². The smallest absolute Gasteiger partial charge is 0.226 e.